The van der Waals surface area contributed by atoms with Crippen LogP contribution in [0.4, 0.5) is 4.79 Å². The molecule has 0 radical (unpaired) electrons. The first kappa shape index (κ1) is 23.8. The lowest BCUT2D eigenvalue weighted by Gasteiger charge is -2.42. The molecule has 1 fully saturated rings. The standard InChI is InChI=1S/C26H34N2O4/c1-25(2,3)32-24(30)27-17-14-23(29)28-18-15-22(16-19-28)26(31,20-10-6-4-7-11-20)21-12-8-5-9-13-21/h4-13,22,31H,14-19H2,1-3H3,(H,27,30). The molecule has 6 heteroatoms. The molecule has 2 aromatic rings. The zero-order chi connectivity index (χ0) is 23.2. The topological polar surface area (TPSA) is 78.9 Å². The first-order valence-corrected chi connectivity index (χ1v) is 11.3. The van der Waals surface area contributed by atoms with Crippen molar-refractivity contribution in [1.82, 2.24) is 10.2 Å². The fraction of sp³-hybridized carbons (Fsp3) is 0.462. The van der Waals surface area contributed by atoms with Crippen LogP contribution in [-0.4, -0.2) is 47.2 Å². The SMILES string of the molecule is CC(C)(C)OC(=O)NCCC(=O)N1CCC(C(O)(c2ccccc2)c2ccccc2)CC1. The molecule has 0 bridgehead atoms. The Morgan fingerprint density at radius 3 is 1.94 bits per heavy atom. The lowest BCUT2D eigenvalue weighted by molar-refractivity contribution is -0.133. The van der Waals surface area contributed by atoms with Crippen LogP contribution in [0.5, 0.6) is 0 Å². The molecule has 1 aliphatic heterocycles. The maximum atomic E-state index is 12.6. The van der Waals surface area contributed by atoms with E-state index < -0.39 is 17.3 Å². The van der Waals surface area contributed by atoms with Gasteiger partial charge in [0.1, 0.15) is 11.2 Å². The van der Waals surface area contributed by atoms with E-state index in [1.54, 1.807) is 20.8 Å². The Morgan fingerprint density at radius 2 is 1.47 bits per heavy atom. The summed E-state index contributed by atoms with van der Waals surface area (Å²) >= 11 is 0. The highest BCUT2D eigenvalue weighted by molar-refractivity contribution is 5.77. The van der Waals surface area contributed by atoms with E-state index in [1.807, 2.05) is 65.6 Å². The summed E-state index contributed by atoms with van der Waals surface area (Å²) in [6, 6.07) is 19.5. The van der Waals surface area contributed by atoms with Gasteiger partial charge in [-0.3, -0.25) is 4.79 Å². The Hall–Kier alpha value is -2.86. The van der Waals surface area contributed by atoms with E-state index in [2.05, 4.69) is 5.32 Å². The molecule has 2 aromatic carbocycles. The van der Waals surface area contributed by atoms with Gasteiger partial charge in [-0.15, -0.1) is 0 Å². The van der Waals surface area contributed by atoms with E-state index >= 15 is 0 Å². The number of amides is 2. The second-order valence-corrected chi connectivity index (χ2v) is 9.33. The second kappa shape index (κ2) is 10.2. The van der Waals surface area contributed by atoms with Crippen LogP contribution >= 0.6 is 0 Å². The quantitative estimate of drug-likeness (QED) is 0.712. The van der Waals surface area contributed by atoms with Gasteiger partial charge in [-0.05, 0) is 50.7 Å². The maximum Gasteiger partial charge on any atom is 0.407 e. The molecular formula is C26H34N2O4. The molecule has 6 nitrogen and oxygen atoms in total. The van der Waals surface area contributed by atoms with Crippen molar-refractivity contribution in [1.29, 1.82) is 0 Å². The number of nitrogens with one attached hydrogen (secondary N) is 1. The third-order valence-corrected chi connectivity index (χ3v) is 5.87. The summed E-state index contributed by atoms with van der Waals surface area (Å²) in [6.45, 7) is 6.80. The van der Waals surface area contributed by atoms with Crippen molar-refractivity contribution in [3.63, 3.8) is 0 Å². The monoisotopic (exact) mass is 438 g/mol. The van der Waals surface area contributed by atoms with Gasteiger partial charge in [0.25, 0.3) is 0 Å². The predicted molar refractivity (Wildman–Crippen MR) is 124 cm³/mol. The Bertz CT molecular complexity index is 846. The smallest absolute Gasteiger partial charge is 0.407 e. The normalized spacial score (nSPS) is 15.3. The molecule has 2 N–H and O–H groups in total. The summed E-state index contributed by atoms with van der Waals surface area (Å²) in [5.41, 5.74) is 0.0790. The first-order valence-electron chi connectivity index (χ1n) is 11.3. The van der Waals surface area contributed by atoms with Gasteiger partial charge in [0.15, 0.2) is 0 Å². The number of ether oxygens (including phenoxy) is 1. The summed E-state index contributed by atoms with van der Waals surface area (Å²) < 4.78 is 5.20. The van der Waals surface area contributed by atoms with Gasteiger partial charge in [0.2, 0.25) is 5.91 Å². The summed E-state index contributed by atoms with van der Waals surface area (Å²) in [5.74, 6) is -0.00120. The van der Waals surface area contributed by atoms with Gasteiger partial charge in [-0.25, -0.2) is 4.79 Å². The van der Waals surface area contributed by atoms with Gasteiger partial charge >= 0.3 is 6.09 Å². The number of likely N-dealkylation sites (tertiary alicyclic amines) is 1. The molecule has 32 heavy (non-hydrogen) atoms. The van der Waals surface area contributed by atoms with Crippen molar-refractivity contribution < 1.29 is 19.4 Å². The minimum atomic E-state index is -1.10. The van der Waals surface area contributed by atoms with Crippen LogP contribution in [0.2, 0.25) is 0 Å². The van der Waals surface area contributed by atoms with E-state index in [9.17, 15) is 14.7 Å². The van der Waals surface area contributed by atoms with Crippen LogP contribution in [0.1, 0.15) is 51.2 Å². The molecule has 0 aliphatic carbocycles. The van der Waals surface area contributed by atoms with Crippen LogP contribution in [0.15, 0.2) is 60.7 Å². The summed E-state index contributed by atoms with van der Waals surface area (Å²) in [4.78, 5) is 26.2. The highest BCUT2D eigenvalue weighted by Gasteiger charge is 2.41. The van der Waals surface area contributed by atoms with Crippen molar-refractivity contribution in [3.8, 4) is 0 Å². The van der Waals surface area contributed by atoms with Crippen LogP contribution < -0.4 is 5.32 Å². The van der Waals surface area contributed by atoms with Crippen molar-refractivity contribution >= 4 is 12.0 Å². The fourth-order valence-corrected chi connectivity index (χ4v) is 4.31. The van der Waals surface area contributed by atoms with Crippen LogP contribution in [0.25, 0.3) is 0 Å². The maximum absolute atomic E-state index is 12.6. The lowest BCUT2D eigenvalue weighted by atomic mass is 9.72. The minimum Gasteiger partial charge on any atom is -0.444 e. The molecule has 2 amide bonds. The first-order chi connectivity index (χ1) is 15.2. The Morgan fingerprint density at radius 1 is 0.969 bits per heavy atom. The number of piperidine rings is 1. The van der Waals surface area contributed by atoms with Crippen LogP contribution in [0.3, 0.4) is 0 Å². The number of aliphatic hydroxyl groups is 1. The number of alkyl carbamates (subject to hydrolysis) is 1. The molecule has 1 aliphatic rings. The number of nitrogens with zero attached hydrogens (tertiary/aromatic N) is 1. The lowest BCUT2D eigenvalue weighted by Crippen LogP contribution is -2.46. The molecule has 1 heterocycles. The predicted octanol–water partition coefficient (Wildman–Crippen LogP) is 4.08. The van der Waals surface area contributed by atoms with Crippen molar-refractivity contribution in [2.24, 2.45) is 5.92 Å². The number of hydrogen-bond acceptors (Lipinski definition) is 4. The van der Waals surface area contributed by atoms with Crippen molar-refractivity contribution in [2.45, 2.75) is 51.2 Å². The largest absolute Gasteiger partial charge is 0.444 e. The van der Waals surface area contributed by atoms with E-state index in [0.717, 1.165) is 11.1 Å². The van der Waals surface area contributed by atoms with Crippen LogP contribution in [-0.2, 0) is 15.1 Å². The Balaban J connectivity index is 1.60. The zero-order valence-electron chi connectivity index (χ0n) is 19.2. The van der Waals surface area contributed by atoms with Crippen LogP contribution in [0, 0.1) is 5.92 Å². The Kier molecular flexibility index (Phi) is 7.56. The highest BCUT2D eigenvalue weighted by atomic mass is 16.6. The van der Waals surface area contributed by atoms with Gasteiger partial charge in [0, 0.05) is 26.1 Å². The average Bonchev–Trinajstić information content (AvgIpc) is 2.78. The molecule has 0 saturated carbocycles. The molecule has 0 spiro atoms. The minimum absolute atomic E-state index is 0.00229. The van der Waals surface area contributed by atoms with E-state index in [0.29, 0.717) is 25.9 Å². The Labute approximate surface area is 190 Å². The second-order valence-electron chi connectivity index (χ2n) is 9.33. The van der Waals surface area contributed by atoms with Gasteiger partial charge in [0.05, 0.1) is 0 Å². The summed E-state index contributed by atoms with van der Waals surface area (Å²) in [5, 5.41) is 14.6. The highest BCUT2D eigenvalue weighted by Crippen LogP contribution is 2.41. The number of carbonyl (C=O) groups excluding carboxylic acids is 2. The van der Waals surface area contributed by atoms with Gasteiger partial charge < -0.3 is 20.1 Å². The number of carbonyl (C=O) groups is 2. The molecular weight excluding hydrogens is 404 g/mol. The molecule has 0 aromatic heterocycles. The number of benzene rings is 2. The molecule has 0 atom stereocenters. The van der Waals surface area contributed by atoms with Gasteiger partial charge in [-0.2, -0.15) is 0 Å². The summed E-state index contributed by atoms with van der Waals surface area (Å²) in [7, 11) is 0. The van der Waals surface area contributed by atoms with Crippen molar-refractivity contribution in [3.05, 3.63) is 71.8 Å². The average molecular weight is 439 g/mol. The molecule has 0 unspecified atom stereocenters. The fourth-order valence-electron chi connectivity index (χ4n) is 4.31. The van der Waals surface area contributed by atoms with Gasteiger partial charge in [-0.1, -0.05) is 60.7 Å². The number of hydrogen-bond donors (Lipinski definition) is 2. The molecule has 172 valence electrons. The number of rotatable bonds is 6. The third kappa shape index (κ3) is 5.88. The third-order valence-electron chi connectivity index (χ3n) is 5.87. The van der Waals surface area contributed by atoms with E-state index in [4.69, 9.17) is 4.74 Å². The zero-order valence-corrected chi connectivity index (χ0v) is 19.2. The van der Waals surface area contributed by atoms with E-state index in [-0.39, 0.29) is 24.8 Å². The summed E-state index contributed by atoms with van der Waals surface area (Å²) in [6.07, 6.45) is 1.11. The molecule has 3 rings (SSSR count). The van der Waals surface area contributed by atoms with Crippen molar-refractivity contribution in [2.75, 3.05) is 19.6 Å². The molecule has 1 saturated heterocycles. The van der Waals surface area contributed by atoms with E-state index in [1.165, 1.54) is 0 Å².